The van der Waals surface area contributed by atoms with E-state index in [4.69, 9.17) is 4.42 Å². The molecule has 3 rings (SSSR count). The van der Waals surface area contributed by atoms with Crippen LogP contribution in [0, 0.1) is 5.92 Å². The standard InChI is InChI=1S/C13H19NO/c1-13(11-4-2-3-5-11)12-10(6-8-14-13)7-9-15-12/h7,9,11,14H,2-6,8H2,1H3. The number of fused-ring (bicyclic) bond motifs is 1. The average molecular weight is 205 g/mol. The molecule has 1 aromatic rings. The molecule has 1 N–H and O–H groups in total. The molecule has 1 atom stereocenters. The van der Waals surface area contributed by atoms with Crippen LogP contribution in [0.4, 0.5) is 0 Å². The second-order valence-electron chi connectivity index (χ2n) is 5.14. The highest BCUT2D eigenvalue weighted by Crippen LogP contribution is 2.43. The van der Waals surface area contributed by atoms with Crippen LogP contribution < -0.4 is 5.32 Å². The van der Waals surface area contributed by atoms with Crippen molar-refractivity contribution in [1.82, 2.24) is 5.32 Å². The summed E-state index contributed by atoms with van der Waals surface area (Å²) >= 11 is 0. The van der Waals surface area contributed by atoms with Gasteiger partial charge in [0.2, 0.25) is 0 Å². The maximum Gasteiger partial charge on any atom is 0.127 e. The Labute approximate surface area is 91.0 Å². The Kier molecular flexibility index (Phi) is 2.13. The molecule has 1 aromatic heterocycles. The van der Waals surface area contributed by atoms with E-state index in [9.17, 15) is 0 Å². The lowest BCUT2D eigenvalue weighted by Gasteiger charge is -2.38. The first kappa shape index (κ1) is 9.46. The Morgan fingerprint density at radius 2 is 2.20 bits per heavy atom. The number of hydrogen-bond donors (Lipinski definition) is 1. The molecule has 1 unspecified atom stereocenters. The molecule has 0 radical (unpaired) electrons. The highest BCUT2D eigenvalue weighted by Gasteiger charge is 2.42. The van der Waals surface area contributed by atoms with E-state index in [-0.39, 0.29) is 5.54 Å². The second-order valence-corrected chi connectivity index (χ2v) is 5.14. The van der Waals surface area contributed by atoms with Gasteiger partial charge in [-0.3, -0.25) is 0 Å². The molecular weight excluding hydrogens is 186 g/mol. The van der Waals surface area contributed by atoms with E-state index in [1.165, 1.54) is 37.0 Å². The molecule has 2 nitrogen and oxygen atoms in total. The molecule has 1 aliphatic carbocycles. The first-order valence-electron chi connectivity index (χ1n) is 6.12. The lowest BCUT2D eigenvalue weighted by Crippen LogP contribution is -2.49. The van der Waals surface area contributed by atoms with Gasteiger partial charge in [0, 0.05) is 6.54 Å². The van der Waals surface area contributed by atoms with Crippen molar-refractivity contribution in [1.29, 1.82) is 0 Å². The normalized spacial score (nSPS) is 31.8. The highest BCUT2D eigenvalue weighted by molar-refractivity contribution is 5.28. The SMILES string of the molecule is CC1(C2CCCC2)NCCc2ccoc21. The van der Waals surface area contributed by atoms with Crippen molar-refractivity contribution in [2.75, 3.05) is 6.54 Å². The summed E-state index contributed by atoms with van der Waals surface area (Å²) in [5.41, 5.74) is 1.52. The monoisotopic (exact) mass is 205 g/mol. The Morgan fingerprint density at radius 1 is 1.40 bits per heavy atom. The fourth-order valence-electron chi connectivity index (χ4n) is 3.36. The summed E-state index contributed by atoms with van der Waals surface area (Å²) < 4.78 is 5.72. The van der Waals surface area contributed by atoms with Crippen LogP contribution in [-0.2, 0) is 12.0 Å². The van der Waals surface area contributed by atoms with Gasteiger partial charge in [-0.25, -0.2) is 0 Å². The topological polar surface area (TPSA) is 25.2 Å². The zero-order valence-electron chi connectivity index (χ0n) is 9.38. The molecule has 0 bridgehead atoms. The molecule has 15 heavy (non-hydrogen) atoms. The van der Waals surface area contributed by atoms with Gasteiger partial charge in [0.05, 0.1) is 11.8 Å². The molecular formula is C13H19NO. The predicted octanol–water partition coefficient (Wildman–Crippen LogP) is 2.83. The van der Waals surface area contributed by atoms with E-state index in [1.807, 2.05) is 6.26 Å². The summed E-state index contributed by atoms with van der Waals surface area (Å²) in [4.78, 5) is 0. The second kappa shape index (κ2) is 3.38. The number of furan rings is 1. The average Bonchev–Trinajstić information content (AvgIpc) is 2.89. The maximum atomic E-state index is 5.72. The van der Waals surface area contributed by atoms with Gasteiger partial charge >= 0.3 is 0 Å². The van der Waals surface area contributed by atoms with Gasteiger partial charge in [0.1, 0.15) is 5.76 Å². The highest BCUT2D eigenvalue weighted by atomic mass is 16.3. The predicted molar refractivity (Wildman–Crippen MR) is 59.7 cm³/mol. The number of nitrogens with one attached hydrogen (secondary N) is 1. The zero-order valence-corrected chi connectivity index (χ0v) is 9.38. The summed E-state index contributed by atoms with van der Waals surface area (Å²) in [5.74, 6) is 1.98. The van der Waals surface area contributed by atoms with E-state index >= 15 is 0 Å². The van der Waals surface area contributed by atoms with Crippen LogP contribution >= 0.6 is 0 Å². The van der Waals surface area contributed by atoms with E-state index in [2.05, 4.69) is 18.3 Å². The molecule has 0 amide bonds. The van der Waals surface area contributed by atoms with E-state index < -0.39 is 0 Å². The van der Waals surface area contributed by atoms with Crippen LogP contribution in [0.15, 0.2) is 16.7 Å². The van der Waals surface area contributed by atoms with Crippen LogP contribution in [0.5, 0.6) is 0 Å². The van der Waals surface area contributed by atoms with Crippen LogP contribution in [0.25, 0.3) is 0 Å². The van der Waals surface area contributed by atoms with Gasteiger partial charge in [-0.15, -0.1) is 0 Å². The minimum Gasteiger partial charge on any atom is -0.467 e. The summed E-state index contributed by atoms with van der Waals surface area (Å²) in [6.07, 6.45) is 8.45. The van der Waals surface area contributed by atoms with Crippen molar-refractivity contribution >= 4 is 0 Å². The molecule has 1 fully saturated rings. The molecule has 1 saturated carbocycles. The van der Waals surface area contributed by atoms with Crippen molar-refractivity contribution < 1.29 is 4.42 Å². The van der Waals surface area contributed by atoms with Gasteiger partial charge in [-0.2, -0.15) is 0 Å². The Hall–Kier alpha value is -0.760. The van der Waals surface area contributed by atoms with Gasteiger partial charge in [0.25, 0.3) is 0 Å². The molecule has 0 spiro atoms. The van der Waals surface area contributed by atoms with Crippen molar-refractivity contribution in [3.05, 3.63) is 23.7 Å². The molecule has 2 heterocycles. The Bertz CT molecular complexity index is 351. The smallest absolute Gasteiger partial charge is 0.127 e. The van der Waals surface area contributed by atoms with Gasteiger partial charge in [-0.1, -0.05) is 12.8 Å². The first-order chi connectivity index (χ1) is 7.31. The molecule has 0 saturated heterocycles. The van der Waals surface area contributed by atoms with Crippen molar-refractivity contribution in [2.24, 2.45) is 5.92 Å². The van der Waals surface area contributed by atoms with Gasteiger partial charge < -0.3 is 9.73 Å². The third-order valence-electron chi connectivity index (χ3n) is 4.28. The lowest BCUT2D eigenvalue weighted by atomic mass is 9.78. The van der Waals surface area contributed by atoms with Gasteiger partial charge in [-0.05, 0) is 43.7 Å². The summed E-state index contributed by atoms with van der Waals surface area (Å²) in [6.45, 7) is 3.42. The summed E-state index contributed by atoms with van der Waals surface area (Å²) in [5, 5.41) is 3.69. The first-order valence-corrected chi connectivity index (χ1v) is 6.12. The van der Waals surface area contributed by atoms with Crippen molar-refractivity contribution in [2.45, 2.75) is 44.6 Å². The van der Waals surface area contributed by atoms with Gasteiger partial charge in [0.15, 0.2) is 0 Å². The van der Waals surface area contributed by atoms with Crippen LogP contribution in [0.2, 0.25) is 0 Å². The number of hydrogen-bond acceptors (Lipinski definition) is 2. The Morgan fingerprint density at radius 3 is 3.00 bits per heavy atom. The van der Waals surface area contributed by atoms with E-state index in [0.29, 0.717) is 0 Å². The molecule has 0 aromatic carbocycles. The maximum absolute atomic E-state index is 5.72. The van der Waals surface area contributed by atoms with Crippen molar-refractivity contribution in [3.8, 4) is 0 Å². The fraction of sp³-hybridized carbons (Fsp3) is 0.692. The molecule has 2 aliphatic rings. The van der Waals surface area contributed by atoms with Crippen LogP contribution in [0.3, 0.4) is 0 Å². The lowest BCUT2D eigenvalue weighted by molar-refractivity contribution is 0.182. The summed E-state index contributed by atoms with van der Waals surface area (Å²) in [7, 11) is 0. The third-order valence-corrected chi connectivity index (χ3v) is 4.28. The minimum absolute atomic E-state index is 0.105. The fourth-order valence-corrected chi connectivity index (χ4v) is 3.36. The summed E-state index contributed by atoms with van der Waals surface area (Å²) in [6, 6.07) is 2.14. The van der Waals surface area contributed by atoms with E-state index in [1.54, 1.807) is 0 Å². The molecule has 82 valence electrons. The van der Waals surface area contributed by atoms with Crippen LogP contribution in [-0.4, -0.2) is 6.54 Å². The van der Waals surface area contributed by atoms with Crippen LogP contribution in [0.1, 0.15) is 43.9 Å². The number of rotatable bonds is 1. The van der Waals surface area contributed by atoms with Crippen molar-refractivity contribution in [3.63, 3.8) is 0 Å². The van der Waals surface area contributed by atoms with E-state index in [0.717, 1.165) is 18.9 Å². The third kappa shape index (κ3) is 1.35. The Balaban J connectivity index is 1.99. The minimum atomic E-state index is 0.105. The molecule has 1 aliphatic heterocycles. The largest absolute Gasteiger partial charge is 0.467 e. The quantitative estimate of drug-likeness (QED) is 0.762. The molecule has 2 heteroatoms. The zero-order chi connectivity index (χ0) is 10.3.